The maximum absolute atomic E-state index is 12.0. The Balaban J connectivity index is 1.60. The van der Waals surface area contributed by atoms with Gasteiger partial charge in [-0.3, -0.25) is 9.59 Å². The predicted octanol–water partition coefficient (Wildman–Crippen LogP) is 2.23. The standard InChI is InChI=1S/C15H14N4O3S/c1-9-7-12(19-22-9)17-13(20)8-11-14(21)18-15(23-11)16-10-5-3-2-4-6-10/h2-7,11H,8H2,1H3,(H,16,18,21)(H,17,19,20)/t11-/m1/s1. The van der Waals surface area contributed by atoms with Crippen molar-refractivity contribution in [3.05, 3.63) is 42.2 Å². The van der Waals surface area contributed by atoms with Crippen molar-refractivity contribution >= 4 is 40.2 Å². The molecule has 0 radical (unpaired) electrons. The van der Waals surface area contributed by atoms with E-state index < -0.39 is 5.25 Å². The third-order valence-corrected chi connectivity index (χ3v) is 4.11. The second-order valence-electron chi connectivity index (χ2n) is 4.92. The zero-order valence-electron chi connectivity index (χ0n) is 12.3. The quantitative estimate of drug-likeness (QED) is 0.896. The number of carbonyl (C=O) groups is 2. The first-order valence-electron chi connectivity index (χ1n) is 6.94. The van der Waals surface area contributed by atoms with E-state index in [0.717, 1.165) is 5.69 Å². The summed E-state index contributed by atoms with van der Waals surface area (Å²) in [4.78, 5) is 28.2. The summed E-state index contributed by atoms with van der Waals surface area (Å²) in [6, 6.07) is 10.9. The number of amidine groups is 1. The summed E-state index contributed by atoms with van der Waals surface area (Å²) in [7, 11) is 0. The maximum Gasteiger partial charge on any atom is 0.240 e. The number of hydrogen-bond donors (Lipinski definition) is 2. The molecule has 118 valence electrons. The zero-order chi connectivity index (χ0) is 16.2. The molecule has 0 unspecified atom stereocenters. The lowest BCUT2D eigenvalue weighted by molar-refractivity contribution is -0.122. The molecule has 8 heteroatoms. The Labute approximate surface area is 136 Å². The van der Waals surface area contributed by atoms with Gasteiger partial charge < -0.3 is 15.2 Å². The largest absolute Gasteiger partial charge is 0.360 e. The molecule has 1 saturated heterocycles. The second-order valence-corrected chi connectivity index (χ2v) is 6.11. The van der Waals surface area contributed by atoms with Crippen molar-refractivity contribution in [1.82, 2.24) is 10.5 Å². The summed E-state index contributed by atoms with van der Waals surface area (Å²) in [5.74, 6) is 0.419. The van der Waals surface area contributed by atoms with E-state index in [1.54, 1.807) is 13.0 Å². The highest BCUT2D eigenvalue weighted by Gasteiger charge is 2.32. The van der Waals surface area contributed by atoms with Crippen LogP contribution in [0.3, 0.4) is 0 Å². The van der Waals surface area contributed by atoms with Crippen LogP contribution in [0.2, 0.25) is 0 Å². The smallest absolute Gasteiger partial charge is 0.240 e. The average Bonchev–Trinajstić information content (AvgIpc) is 3.06. The first-order chi connectivity index (χ1) is 11.1. The first kappa shape index (κ1) is 15.3. The molecular formula is C15H14N4O3S. The summed E-state index contributed by atoms with van der Waals surface area (Å²) < 4.78 is 4.87. The normalized spacial score (nSPS) is 18.9. The van der Waals surface area contributed by atoms with Gasteiger partial charge in [0, 0.05) is 12.5 Å². The molecular weight excluding hydrogens is 316 g/mol. The molecule has 23 heavy (non-hydrogen) atoms. The number of amides is 2. The Morgan fingerprint density at radius 2 is 2.22 bits per heavy atom. The molecule has 1 aliphatic rings. The van der Waals surface area contributed by atoms with E-state index >= 15 is 0 Å². The van der Waals surface area contributed by atoms with E-state index in [-0.39, 0.29) is 18.2 Å². The van der Waals surface area contributed by atoms with Gasteiger partial charge in [-0.25, -0.2) is 4.99 Å². The van der Waals surface area contributed by atoms with Gasteiger partial charge in [0.25, 0.3) is 0 Å². The minimum atomic E-state index is -0.509. The van der Waals surface area contributed by atoms with Crippen molar-refractivity contribution in [1.29, 1.82) is 0 Å². The third-order valence-electron chi connectivity index (χ3n) is 3.03. The number of nitrogens with one attached hydrogen (secondary N) is 2. The Bertz CT molecular complexity index is 757. The van der Waals surface area contributed by atoms with Gasteiger partial charge in [0.2, 0.25) is 11.8 Å². The molecule has 0 bridgehead atoms. The molecule has 2 amide bonds. The second kappa shape index (κ2) is 6.66. The fourth-order valence-corrected chi connectivity index (χ4v) is 2.99. The molecule has 0 saturated carbocycles. The SMILES string of the molecule is Cc1cc(NC(=O)C[C@H]2SC(=Nc3ccccc3)NC2=O)no1. The number of hydrogen-bond acceptors (Lipinski definition) is 6. The van der Waals surface area contributed by atoms with Gasteiger partial charge in [-0.15, -0.1) is 0 Å². The van der Waals surface area contributed by atoms with E-state index in [0.29, 0.717) is 16.7 Å². The number of aromatic nitrogens is 1. The van der Waals surface area contributed by atoms with Crippen LogP contribution < -0.4 is 10.6 Å². The molecule has 2 heterocycles. The number of aliphatic imine (C=N–C) groups is 1. The van der Waals surface area contributed by atoms with Crippen LogP contribution in [0.25, 0.3) is 0 Å². The van der Waals surface area contributed by atoms with Crippen LogP contribution in [0.15, 0.2) is 45.9 Å². The molecule has 1 atom stereocenters. The van der Waals surface area contributed by atoms with Crippen LogP contribution >= 0.6 is 11.8 Å². The highest BCUT2D eigenvalue weighted by Crippen LogP contribution is 2.25. The lowest BCUT2D eigenvalue weighted by Crippen LogP contribution is -2.28. The first-order valence-corrected chi connectivity index (χ1v) is 7.82. The van der Waals surface area contributed by atoms with Gasteiger partial charge in [-0.1, -0.05) is 35.1 Å². The predicted molar refractivity (Wildman–Crippen MR) is 87.5 cm³/mol. The third kappa shape index (κ3) is 3.98. The molecule has 1 fully saturated rings. The topological polar surface area (TPSA) is 96.6 Å². The van der Waals surface area contributed by atoms with Crippen LogP contribution in [0.5, 0.6) is 0 Å². The van der Waals surface area contributed by atoms with Gasteiger partial charge in [0.05, 0.1) is 5.69 Å². The van der Waals surface area contributed by atoms with Gasteiger partial charge in [-0.05, 0) is 19.1 Å². The van der Waals surface area contributed by atoms with Crippen LogP contribution in [-0.4, -0.2) is 27.4 Å². The minimum absolute atomic E-state index is 0.0379. The van der Waals surface area contributed by atoms with Crippen LogP contribution in [0.1, 0.15) is 12.2 Å². The summed E-state index contributed by atoms with van der Waals surface area (Å²) in [6.45, 7) is 1.73. The summed E-state index contributed by atoms with van der Waals surface area (Å²) in [6.07, 6.45) is 0.0379. The molecule has 1 aromatic carbocycles. The van der Waals surface area contributed by atoms with Crippen molar-refractivity contribution in [2.75, 3.05) is 5.32 Å². The molecule has 1 aromatic heterocycles. The summed E-state index contributed by atoms with van der Waals surface area (Å²) in [5.41, 5.74) is 0.749. The van der Waals surface area contributed by atoms with E-state index in [2.05, 4.69) is 20.8 Å². The van der Waals surface area contributed by atoms with E-state index in [1.807, 2.05) is 30.3 Å². The maximum atomic E-state index is 12.0. The molecule has 0 spiro atoms. The summed E-state index contributed by atoms with van der Waals surface area (Å²) >= 11 is 1.24. The number of aryl methyl sites for hydroxylation is 1. The Kier molecular flexibility index (Phi) is 4.42. The number of nitrogens with zero attached hydrogens (tertiary/aromatic N) is 2. The number of thioether (sulfide) groups is 1. The number of para-hydroxylation sites is 1. The highest BCUT2D eigenvalue weighted by atomic mass is 32.2. The number of carbonyl (C=O) groups excluding carboxylic acids is 2. The van der Waals surface area contributed by atoms with Gasteiger partial charge in [-0.2, -0.15) is 0 Å². The molecule has 3 rings (SSSR count). The van der Waals surface area contributed by atoms with E-state index in [9.17, 15) is 9.59 Å². The highest BCUT2D eigenvalue weighted by molar-refractivity contribution is 8.15. The van der Waals surface area contributed by atoms with Crippen molar-refractivity contribution in [3.8, 4) is 0 Å². The van der Waals surface area contributed by atoms with Crippen LogP contribution in [0.4, 0.5) is 11.5 Å². The molecule has 7 nitrogen and oxygen atoms in total. The van der Waals surface area contributed by atoms with Crippen molar-refractivity contribution in [2.24, 2.45) is 4.99 Å². The Hall–Kier alpha value is -2.61. The average molecular weight is 330 g/mol. The Morgan fingerprint density at radius 1 is 1.43 bits per heavy atom. The van der Waals surface area contributed by atoms with E-state index in [1.165, 1.54) is 11.8 Å². The van der Waals surface area contributed by atoms with Crippen LogP contribution in [0, 0.1) is 6.92 Å². The number of anilines is 1. The fraction of sp³-hybridized carbons (Fsp3) is 0.200. The van der Waals surface area contributed by atoms with Crippen LogP contribution in [-0.2, 0) is 9.59 Å². The van der Waals surface area contributed by atoms with Gasteiger partial charge in [0.1, 0.15) is 11.0 Å². The Morgan fingerprint density at radius 3 is 2.91 bits per heavy atom. The molecule has 2 aromatic rings. The van der Waals surface area contributed by atoms with Gasteiger partial charge in [0.15, 0.2) is 11.0 Å². The fourth-order valence-electron chi connectivity index (χ4n) is 2.00. The number of rotatable bonds is 4. The molecule has 2 N–H and O–H groups in total. The van der Waals surface area contributed by atoms with Crippen molar-refractivity contribution in [2.45, 2.75) is 18.6 Å². The van der Waals surface area contributed by atoms with Crippen molar-refractivity contribution in [3.63, 3.8) is 0 Å². The monoisotopic (exact) mass is 330 g/mol. The van der Waals surface area contributed by atoms with E-state index in [4.69, 9.17) is 4.52 Å². The minimum Gasteiger partial charge on any atom is -0.360 e. The summed E-state index contributed by atoms with van der Waals surface area (Å²) in [5, 5.41) is 8.95. The lowest BCUT2D eigenvalue weighted by Gasteiger charge is -2.04. The molecule has 0 aliphatic carbocycles. The number of benzene rings is 1. The molecule has 1 aliphatic heterocycles. The van der Waals surface area contributed by atoms with Gasteiger partial charge >= 0.3 is 0 Å². The zero-order valence-corrected chi connectivity index (χ0v) is 13.1. The van der Waals surface area contributed by atoms with Crippen molar-refractivity contribution < 1.29 is 14.1 Å². The lowest BCUT2D eigenvalue weighted by atomic mass is 10.2.